The summed E-state index contributed by atoms with van der Waals surface area (Å²) in [6, 6.07) is 33.7. The molecule has 0 spiro atoms. The number of piperidine rings is 1. The van der Waals surface area contributed by atoms with Crippen molar-refractivity contribution >= 4 is 76.6 Å². The summed E-state index contributed by atoms with van der Waals surface area (Å²) >= 11 is 7.71. The minimum Gasteiger partial charge on any atom is -0.410 e. The first-order valence-corrected chi connectivity index (χ1v) is 37.7. The van der Waals surface area contributed by atoms with Crippen LogP contribution in [0.4, 0.5) is 24.5 Å². The minimum absolute atomic E-state index is 0.0376. The summed E-state index contributed by atoms with van der Waals surface area (Å²) in [5, 5.41) is 3.65. The molecule has 2 fully saturated rings. The van der Waals surface area contributed by atoms with Gasteiger partial charge in [-0.25, -0.2) is 26.1 Å². The molecule has 0 aliphatic carbocycles. The Labute approximate surface area is 518 Å². The number of hydrogen-bond acceptors (Lipinski definition) is 15. The van der Waals surface area contributed by atoms with Crippen molar-refractivity contribution in [3.63, 3.8) is 0 Å². The molecule has 15 nitrogen and oxygen atoms in total. The van der Waals surface area contributed by atoms with E-state index in [0.29, 0.717) is 75.6 Å². The molecule has 24 heteroatoms. The summed E-state index contributed by atoms with van der Waals surface area (Å²) in [5.74, 6) is -0.574. The van der Waals surface area contributed by atoms with Gasteiger partial charge in [-0.3, -0.25) is 23.3 Å². The first-order chi connectivity index (χ1) is 40.0. The molecule has 2 N–H and O–H groups in total. The predicted molar refractivity (Wildman–Crippen MR) is 341 cm³/mol. The van der Waals surface area contributed by atoms with Gasteiger partial charge in [0.2, 0.25) is 0 Å². The molecule has 0 aromatic heterocycles. The summed E-state index contributed by atoms with van der Waals surface area (Å²) in [4.78, 5) is 18.9. The third kappa shape index (κ3) is 19.1. The molecule has 5 aromatic carbocycles. The average Bonchev–Trinajstić information content (AvgIpc) is 0.846. The molecule has 5 aromatic rings. The lowest BCUT2D eigenvalue weighted by molar-refractivity contribution is -0.0436. The van der Waals surface area contributed by atoms with Gasteiger partial charge in [0.15, 0.2) is 8.32 Å². The molecule has 7 rings (SSSR count). The van der Waals surface area contributed by atoms with Crippen LogP contribution in [-0.4, -0.2) is 128 Å². The lowest BCUT2D eigenvalue weighted by atomic mass is 9.84. The van der Waals surface area contributed by atoms with E-state index in [2.05, 4.69) is 66.0 Å². The zero-order chi connectivity index (χ0) is 63.1. The second-order valence-electron chi connectivity index (χ2n) is 25.4. The molecule has 2 aliphatic heterocycles. The number of halogens is 4. The molecule has 86 heavy (non-hydrogen) atoms. The van der Waals surface area contributed by atoms with E-state index in [1.165, 1.54) is 23.9 Å². The van der Waals surface area contributed by atoms with Crippen LogP contribution in [0.2, 0.25) is 23.2 Å². The van der Waals surface area contributed by atoms with Crippen molar-refractivity contribution in [1.82, 2.24) is 14.5 Å². The number of carbonyl (C=O) groups excluding carboxylic acids is 1. The number of nitrogens with zero attached hydrogens (tertiary/aromatic N) is 3. The number of nitrogens with one attached hydrogen (secondary N) is 2. The monoisotopic (exact) mass is 1310 g/mol. The fourth-order valence-corrected chi connectivity index (χ4v) is 16.2. The second-order valence-corrected chi connectivity index (χ2v) is 36.8. The first-order valence-electron chi connectivity index (χ1n) is 29.0. The summed E-state index contributed by atoms with van der Waals surface area (Å²) < 4.78 is 138. The van der Waals surface area contributed by atoms with Gasteiger partial charge in [0.05, 0.1) is 34.5 Å². The standard InChI is InChI=1S/C62H84ClF3N5O10PS3Si/c1-59(2,3)80-82(73,81-60(4,5)6)78-42-41-70-39-37-69(38-40-70)34-33-49(44-83-51-17-13-12-14-18-51)67-55-30-29-52(43-56(55)84(74,75)62(64,65)66)85(76,77)68-58(72)47-23-27-50(28-24-47)71-35-31-46(32-36-71)57(79-86(10,11)61(7,8)9)54-20-16-15-19-53(54)45-21-25-48(63)26-22-45/h12-30,43,46,49,57,67H,31-42,44H2,1-11H3,(H,68,72)/t49-,57?/m1/s1. The van der Waals surface area contributed by atoms with Crippen LogP contribution in [-0.2, 0) is 42.4 Å². The Kier molecular flexibility index (Phi) is 22.7. The Balaban J connectivity index is 1.02. The maximum Gasteiger partial charge on any atom is 0.501 e. The van der Waals surface area contributed by atoms with Gasteiger partial charge in [0.25, 0.3) is 25.8 Å². The normalized spacial score (nSPS) is 16.7. The number of thioether (sulfide) groups is 1. The Morgan fingerprint density at radius 1 is 0.744 bits per heavy atom. The van der Waals surface area contributed by atoms with E-state index in [-0.39, 0.29) is 29.2 Å². The maximum atomic E-state index is 14.5. The largest absolute Gasteiger partial charge is 0.501 e. The quantitative estimate of drug-likeness (QED) is 0.0339. The number of alkyl halides is 3. The van der Waals surface area contributed by atoms with Crippen LogP contribution in [0.3, 0.4) is 0 Å². The van der Waals surface area contributed by atoms with Gasteiger partial charge in [0.1, 0.15) is 4.90 Å². The molecule has 2 atom stereocenters. The Morgan fingerprint density at radius 2 is 1.31 bits per heavy atom. The number of piperazine rings is 1. The second kappa shape index (κ2) is 28.3. The molecule has 1 unspecified atom stereocenters. The van der Waals surface area contributed by atoms with Crippen molar-refractivity contribution in [2.45, 2.75) is 143 Å². The number of sulfone groups is 1. The highest BCUT2D eigenvalue weighted by molar-refractivity contribution is 7.99. The van der Waals surface area contributed by atoms with Crippen molar-refractivity contribution in [1.29, 1.82) is 0 Å². The van der Waals surface area contributed by atoms with Crippen LogP contribution in [0.15, 0.2) is 136 Å². The molecule has 0 saturated carbocycles. The third-order valence-electron chi connectivity index (χ3n) is 15.4. The van der Waals surface area contributed by atoms with Crippen LogP contribution >= 0.6 is 31.2 Å². The van der Waals surface area contributed by atoms with Crippen LogP contribution in [0.5, 0.6) is 0 Å². The predicted octanol–water partition coefficient (Wildman–Crippen LogP) is 14.7. The van der Waals surface area contributed by atoms with Crippen LogP contribution in [0, 0.1) is 5.92 Å². The van der Waals surface area contributed by atoms with Crippen LogP contribution < -0.4 is 14.9 Å². The molecule has 1 amide bonds. The zero-order valence-electron chi connectivity index (χ0n) is 51.1. The lowest BCUT2D eigenvalue weighted by Gasteiger charge is -2.44. The molecule has 0 radical (unpaired) electrons. The Morgan fingerprint density at radius 3 is 1.88 bits per heavy atom. The molecule has 472 valence electrons. The van der Waals surface area contributed by atoms with E-state index < -0.39 is 80.1 Å². The van der Waals surface area contributed by atoms with Crippen molar-refractivity contribution in [2.24, 2.45) is 5.92 Å². The van der Waals surface area contributed by atoms with Crippen molar-refractivity contribution in [3.05, 3.63) is 137 Å². The number of hydrogen-bond donors (Lipinski definition) is 2. The topological polar surface area (TPSA) is 173 Å². The van der Waals surface area contributed by atoms with Gasteiger partial charge >= 0.3 is 13.3 Å². The van der Waals surface area contributed by atoms with Crippen LogP contribution in [0.1, 0.15) is 104 Å². The van der Waals surface area contributed by atoms with E-state index in [9.17, 15) is 39.4 Å². The Bertz CT molecular complexity index is 3330. The summed E-state index contributed by atoms with van der Waals surface area (Å²) in [7, 11) is -17.3. The van der Waals surface area contributed by atoms with Crippen molar-refractivity contribution in [3.8, 4) is 11.1 Å². The van der Waals surface area contributed by atoms with E-state index >= 15 is 0 Å². The SMILES string of the molecule is CC(C)(C)OP(=O)(OCCN1CCN(CC[C@H](CSc2ccccc2)Nc2ccc(S(=O)(=O)NC(=O)c3ccc(N4CCC(C(O[Si](C)(C)C(C)(C)C)c5ccccc5-c5ccc(Cl)cc5)CC4)cc3)cc2S(=O)(=O)C(F)(F)F)CC1)OC(C)(C)C. The number of phosphoric ester groups is 1. The number of amides is 1. The summed E-state index contributed by atoms with van der Waals surface area (Å²) in [6.45, 7) is 26.7. The van der Waals surface area contributed by atoms with Crippen molar-refractivity contribution in [2.75, 3.05) is 74.9 Å². The Hall–Kier alpha value is -4.29. The van der Waals surface area contributed by atoms with E-state index in [4.69, 9.17) is 29.6 Å². The average molecular weight is 1310 g/mol. The van der Waals surface area contributed by atoms with Gasteiger partial charge in [-0.2, -0.15) is 13.2 Å². The molecule has 0 bridgehead atoms. The summed E-state index contributed by atoms with van der Waals surface area (Å²) in [6.07, 6.45) is 1.79. The fraction of sp³-hybridized carbons (Fsp3) is 0.500. The number of sulfonamides is 1. The molecule has 2 saturated heterocycles. The highest BCUT2D eigenvalue weighted by atomic mass is 35.5. The minimum atomic E-state index is -6.15. The van der Waals surface area contributed by atoms with E-state index in [1.807, 2.05) is 71.5 Å². The van der Waals surface area contributed by atoms with Gasteiger partial charge < -0.3 is 19.5 Å². The summed E-state index contributed by atoms with van der Waals surface area (Å²) in [5.41, 5.74) is -3.78. The van der Waals surface area contributed by atoms with Gasteiger partial charge in [0, 0.05) is 85.3 Å². The maximum absolute atomic E-state index is 14.5. The third-order valence-corrected chi connectivity index (χ3v) is 26.2. The molecular weight excluding hydrogens is 1220 g/mol. The number of benzene rings is 5. The number of anilines is 2. The van der Waals surface area contributed by atoms with Gasteiger partial charge in [-0.15, -0.1) is 11.8 Å². The number of carbonyl (C=O) groups is 1. The van der Waals surface area contributed by atoms with Crippen molar-refractivity contribution < 1.29 is 57.4 Å². The fourth-order valence-electron chi connectivity index (χ4n) is 9.93. The number of phosphoric acid groups is 1. The molecular formula is C62H84ClF3N5O10PS3Si. The van der Waals surface area contributed by atoms with E-state index in [0.717, 1.165) is 52.2 Å². The molecule has 2 heterocycles. The first kappa shape index (κ1) is 69.2. The zero-order valence-corrected chi connectivity index (χ0v) is 56.2. The van der Waals surface area contributed by atoms with Crippen LogP contribution in [0.25, 0.3) is 11.1 Å². The highest BCUT2D eigenvalue weighted by Gasteiger charge is 2.49. The lowest BCUT2D eigenvalue weighted by Crippen LogP contribution is -2.48. The number of rotatable bonds is 24. The smallest absolute Gasteiger partial charge is 0.410 e. The van der Waals surface area contributed by atoms with Gasteiger partial charge in [-0.1, -0.05) is 87.0 Å². The highest BCUT2D eigenvalue weighted by Crippen LogP contribution is 2.55. The molecule has 2 aliphatic rings. The van der Waals surface area contributed by atoms with Gasteiger partial charge in [-0.05, 0) is 168 Å². The van der Waals surface area contributed by atoms with E-state index in [1.54, 1.807) is 53.7 Å².